The van der Waals surface area contributed by atoms with E-state index < -0.39 is 11.6 Å². The maximum atomic E-state index is 13.7. The summed E-state index contributed by atoms with van der Waals surface area (Å²) in [6.45, 7) is 8.22. The lowest BCUT2D eigenvalue weighted by molar-refractivity contribution is 0.0633. The van der Waals surface area contributed by atoms with Gasteiger partial charge in [-0.1, -0.05) is 13.0 Å². The molecule has 0 saturated carbocycles. The average Bonchev–Trinajstić information content (AvgIpc) is 3.21. The van der Waals surface area contributed by atoms with Gasteiger partial charge in [0.05, 0.1) is 5.52 Å². The first-order valence-electron chi connectivity index (χ1n) is 9.51. The third kappa shape index (κ3) is 3.42. The Morgan fingerprint density at radius 1 is 1.07 bits per heavy atom. The summed E-state index contributed by atoms with van der Waals surface area (Å²) in [6.07, 6.45) is 0. The molecule has 0 unspecified atom stereocenters. The number of furan rings is 1. The van der Waals surface area contributed by atoms with Crippen molar-refractivity contribution >= 4 is 17.0 Å². The molecule has 1 aromatic carbocycles. The normalized spacial score (nSPS) is 15.5. The summed E-state index contributed by atoms with van der Waals surface area (Å²) in [6, 6.07) is 7.42. The van der Waals surface area contributed by atoms with E-state index in [1.54, 1.807) is 6.07 Å². The summed E-state index contributed by atoms with van der Waals surface area (Å²) < 4.78 is 34.5. The molecule has 28 heavy (non-hydrogen) atoms. The topological polar surface area (TPSA) is 41.6 Å². The molecule has 1 saturated heterocycles. The van der Waals surface area contributed by atoms with E-state index in [1.807, 2.05) is 22.5 Å². The van der Waals surface area contributed by atoms with Crippen molar-refractivity contribution in [2.75, 3.05) is 32.7 Å². The first kappa shape index (κ1) is 18.7. The molecule has 0 N–H and O–H groups in total. The van der Waals surface area contributed by atoms with Crippen LogP contribution in [0.4, 0.5) is 8.78 Å². The third-order valence-corrected chi connectivity index (χ3v) is 5.36. The van der Waals surface area contributed by atoms with Crippen LogP contribution in [-0.4, -0.2) is 53.0 Å². The van der Waals surface area contributed by atoms with Gasteiger partial charge in [-0.15, -0.1) is 0 Å². The molecule has 1 aliphatic rings. The quantitative estimate of drug-likeness (QED) is 0.686. The van der Waals surface area contributed by atoms with Crippen molar-refractivity contribution in [1.82, 2.24) is 14.4 Å². The fourth-order valence-corrected chi connectivity index (χ4v) is 3.76. The second-order valence-electron chi connectivity index (χ2n) is 7.20. The Morgan fingerprint density at radius 2 is 1.82 bits per heavy atom. The van der Waals surface area contributed by atoms with Gasteiger partial charge in [-0.2, -0.15) is 0 Å². The van der Waals surface area contributed by atoms with Crippen LogP contribution in [0.15, 0.2) is 34.7 Å². The molecule has 3 heterocycles. The van der Waals surface area contributed by atoms with Crippen LogP contribution in [0.1, 0.15) is 28.7 Å². The fourth-order valence-electron chi connectivity index (χ4n) is 3.76. The van der Waals surface area contributed by atoms with Crippen molar-refractivity contribution in [2.45, 2.75) is 20.4 Å². The average molecular weight is 387 g/mol. The van der Waals surface area contributed by atoms with E-state index in [0.29, 0.717) is 29.9 Å². The van der Waals surface area contributed by atoms with Crippen LogP contribution >= 0.6 is 0 Å². The smallest absolute Gasteiger partial charge is 0.270 e. The molecule has 0 bridgehead atoms. The highest BCUT2D eigenvalue weighted by molar-refractivity contribution is 5.97. The molecule has 0 radical (unpaired) electrons. The van der Waals surface area contributed by atoms with E-state index in [4.69, 9.17) is 4.42 Å². The van der Waals surface area contributed by atoms with E-state index in [9.17, 15) is 13.6 Å². The molecule has 4 rings (SSSR count). The van der Waals surface area contributed by atoms with Crippen LogP contribution in [-0.2, 0) is 6.54 Å². The van der Waals surface area contributed by atoms with Gasteiger partial charge in [-0.3, -0.25) is 4.79 Å². The van der Waals surface area contributed by atoms with Gasteiger partial charge < -0.3 is 18.8 Å². The molecule has 148 valence electrons. The van der Waals surface area contributed by atoms with Crippen molar-refractivity contribution in [1.29, 1.82) is 0 Å². The number of halogens is 2. The van der Waals surface area contributed by atoms with E-state index in [1.165, 1.54) is 12.1 Å². The van der Waals surface area contributed by atoms with Crippen molar-refractivity contribution in [3.8, 4) is 0 Å². The van der Waals surface area contributed by atoms with Gasteiger partial charge in [0, 0.05) is 44.9 Å². The van der Waals surface area contributed by atoms with Gasteiger partial charge in [-0.05, 0) is 31.2 Å². The lowest BCUT2D eigenvalue weighted by Crippen LogP contribution is -2.48. The van der Waals surface area contributed by atoms with Gasteiger partial charge >= 0.3 is 0 Å². The number of aryl methyl sites for hydroxylation is 1. The molecule has 0 aliphatic carbocycles. The molecule has 1 aliphatic heterocycles. The summed E-state index contributed by atoms with van der Waals surface area (Å²) >= 11 is 0. The summed E-state index contributed by atoms with van der Waals surface area (Å²) in [5, 5.41) is 0. The van der Waals surface area contributed by atoms with E-state index in [2.05, 4.69) is 11.8 Å². The molecule has 2 aromatic heterocycles. The zero-order valence-corrected chi connectivity index (χ0v) is 16.0. The van der Waals surface area contributed by atoms with Crippen molar-refractivity contribution < 1.29 is 18.0 Å². The van der Waals surface area contributed by atoms with E-state index in [-0.39, 0.29) is 12.5 Å². The second-order valence-corrected chi connectivity index (χ2v) is 7.20. The zero-order valence-electron chi connectivity index (χ0n) is 16.0. The molecule has 0 atom stereocenters. The van der Waals surface area contributed by atoms with Gasteiger partial charge in [0.1, 0.15) is 11.5 Å². The summed E-state index contributed by atoms with van der Waals surface area (Å²) in [4.78, 5) is 17.3. The molecule has 5 nitrogen and oxygen atoms in total. The molecule has 1 amide bonds. The fraction of sp³-hybridized carbons (Fsp3) is 0.381. The van der Waals surface area contributed by atoms with E-state index in [0.717, 1.165) is 37.0 Å². The molecular formula is C21H23F2N3O2. The van der Waals surface area contributed by atoms with Crippen molar-refractivity contribution in [3.63, 3.8) is 0 Å². The van der Waals surface area contributed by atoms with Gasteiger partial charge in [0.25, 0.3) is 5.91 Å². The van der Waals surface area contributed by atoms with Crippen molar-refractivity contribution in [2.24, 2.45) is 0 Å². The number of aromatic nitrogens is 1. The first-order valence-corrected chi connectivity index (χ1v) is 9.51. The van der Waals surface area contributed by atoms with Crippen LogP contribution in [0.5, 0.6) is 0 Å². The van der Waals surface area contributed by atoms with Crippen molar-refractivity contribution in [3.05, 3.63) is 59.0 Å². The number of benzene rings is 1. The number of likely N-dealkylation sites (N-methyl/N-ethyl adjacent to an activating group) is 1. The molecule has 0 spiro atoms. The largest absolute Gasteiger partial charge is 0.460 e. The summed E-state index contributed by atoms with van der Waals surface area (Å²) in [5.74, 6) is -1.11. The van der Waals surface area contributed by atoms with Crippen LogP contribution in [0, 0.1) is 18.6 Å². The Bertz CT molecular complexity index is 1020. The summed E-state index contributed by atoms with van der Waals surface area (Å²) in [7, 11) is 0. The van der Waals surface area contributed by atoms with Gasteiger partial charge in [0.2, 0.25) is 0 Å². The number of nitrogens with zero attached hydrogens (tertiary/aromatic N) is 3. The third-order valence-electron chi connectivity index (χ3n) is 5.36. The number of carbonyl (C=O) groups excluding carboxylic acids is 1. The standard InChI is InChI=1S/C21H23F2N3O2/c1-3-24-6-8-25(9-7-24)21(27)19-12-20-18(10-14(2)28-20)26(19)13-15-4-5-16(22)17(23)11-15/h4-5,10-12H,3,6-9,13H2,1-2H3. The number of amides is 1. The minimum Gasteiger partial charge on any atom is -0.460 e. The second kappa shape index (κ2) is 7.39. The maximum absolute atomic E-state index is 13.7. The first-order chi connectivity index (χ1) is 13.5. The highest BCUT2D eigenvalue weighted by Gasteiger charge is 2.26. The molecule has 3 aromatic rings. The van der Waals surface area contributed by atoms with Gasteiger partial charge in [0.15, 0.2) is 17.2 Å². The molecular weight excluding hydrogens is 364 g/mol. The number of hydrogen-bond acceptors (Lipinski definition) is 3. The van der Waals surface area contributed by atoms with Crippen LogP contribution in [0.25, 0.3) is 11.1 Å². The number of carbonyl (C=O) groups is 1. The monoisotopic (exact) mass is 387 g/mol. The Labute approximate surface area is 162 Å². The van der Waals surface area contributed by atoms with E-state index >= 15 is 0 Å². The predicted octanol–water partition coefficient (Wildman–Crippen LogP) is 3.65. The highest BCUT2D eigenvalue weighted by Crippen LogP contribution is 2.26. The Morgan fingerprint density at radius 3 is 2.50 bits per heavy atom. The lowest BCUT2D eigenvalue weighted by atomic mass is 10.2. The zero-order chi connectivity index (χ0) is 19.8. The van der Waals surface area contributed by atoms with Crippen LogP contribution in [0.2, 0.25) is 0 Å². The number of fused-ring (bicyclic) bond motifs is 1. The predicted molar refractivity (Wildman–Crippen MR) is 102 cm³/mol. The number of piperazine rings is 1. The Balaban J connectivity index is 1.68. The minimum atomic E-state index is -0.896. The lowest BCUT2D eigenvalue weighted by Gasteiger charge is -2.34. The molecule has 7 heteroatoms. The molecule has 1 fully saturated rings. The number of rotatable bonds is 4. The van der Waals surface area contributed by atoms with Gasteiger partial charge in [-0.25, -0.2) is 8.78 Å². The van der Waals surface area contributed by atoms with Crippen LogP contribution < -0.4 is 0 Å². The SMILES string of the molecule is CCN1CCN(C(=O)c2cc3oc(C)cc3n2Cc2ccc(F)c(F)c2)CC1. The number of hydrogen-bond donors (Lipinski definition) is 0. The maximum Gasteiger partial charge on any atom is 0.270 e. The minimum absolute atomic E-state index is 0.0672. The Hall–Kier alpha value is -2.67. The van der Waals surface area contributed by atoms with Crippen LogP contribution in [0.3, 0.4) is 0 Å². The summed E-state index contributed by atoms with van der Waals surface area (Å²) in [5.41, 5.74) is 2.48. The highest BCUT2D eigenvalue weighted by atomic mass is 19.2. The Kier molecular flexibility index (Phi) is 4.93.